The Hall–Kier alpha value is -1.56. The Morgan fingerprint density at radius 3 is 2.32 bits per heavy atom. The summed E-state index contributed by atoms with van der Waals surface area (Å²) >= 11 is 3.27. The van der Waals surface area contributed by atoms with Crippen LogP contribution < -0.4 is 9.47 Å². The molecule has 0 heterocycles. The van der Waals surface area contributed by atoms with Crippen molar-refractivity contribution < 1.29 is 24.2 Å². The minimum Gasteiger partial charge on any atom is -0.493 e. The van der Waals surface area contributed by atoms with Crippen molar-refractivity contribution in [1.82, 2.24) is 0 Å². The molecular formula is C13H13BrO5. The number of aliphatic carboxylic acids is 1. The third kappa shape index (κ3) is 2.00. The van der Waals surface area contributed by atoms with E-state index in [0.29, 0.717) is 40.5 Å². The standard InChI is InChI=1S/C13H13BrO5/c1-18-10-7(6-15)9(14)5-8(11(10)19-2)13(3-4-13)12(16)17/h5-6H,3-4H2,1-2H3,(H,16,17). The zero-order valence-electron chi connectivity index (χ0n) is 10.5. The van der Waals surface area contributed by atoms with E-state index >= 15 is 0 Å². The van der Waals surface area contributed by atoms with E-state index in [9.17, 15) is 14.7 Å². The van der Waals surface area contributed by atoms with E-state index in [2.05, 4.69) is 15.9 Å². The first-order valence-electron chi connectivity index (χ1n) is 5.65. The van der Waals surface area contributed by atoms with E-state index in [4.69, 9.17) is 9.47 Å². The van der Waals surface area contributed by atoms with Crippen LogP contribution in [0.4, 0.5) is 0 Å². The van der Waals surface area contributed by atoms with Gasteiger partial charge in [0.15, 0.2) is 17.8 Å². The Morgan fingerprint density at radius 2 is 1.95 bits per heavy atom. The van der Waals surface area contributed by atoms with Crippen molar-refractivity contribution in [2.75, 3.05) is 14.2 Å². The second-order valence-corrected chi connectivity index (χ2v) is 5.25. The summed E-state index contributed by atoms with van der Waals surface area (Å²) in [5.41, 5.74) is -0.0798. The van der Waals surface area contributed by atoms with Crippen LogP contribution in [0, 0.1) is 0 Å². The van der Waals surface area contributed by atoms with Crippen LogP contribution in [0.1, 0.15) is 28.8 Å². The van der Waals surface area contributed by atoms with Crippen LogP contribution in [0.25, 0.3) is 0 Å². The summed E-state index contributed by atoms with van der Waals surface area (Å²) in [5.74, 6) is -0.319. The molecular weight excluding hydrogens is 316 g/mol. The SMILES string of the molecule is COc1c(C2(C(=O)O)CC2)cc(Br)c(C=O)c1OC. The van der Waals surface area contributed by atoms with Gasteiger partial charge >= 0.3 is 5.97 Å². The zero-order chi connectivity index (χ0) is 14.2. The van der Waals surface area contributed by atoms with Gasteiger partial charge in [-0.15, -0.1) is 0 Å². The third-order valence-corrected chi connectivity index (χ3v) is 4.08. The van der Waals surface area contributed by atoms with Gasteiger partial charge in [-0.1, -0.05) is 0 Å². The number of methoxy groups -OCH3 is 2. The van der Waals surface area contributed by atoms with Gasteiger partial charge in [-0.25, -0.2) is 0 Å². The number of hydrogen-bond donors (Lipinski definition) is 1. The van der Waals surface area contributed by atoms with Crippen LogP contribution >= 0.6 is 15.9 Å². The second-order valence-electron chi connectivity index (χ2n) is 4.39. The number of rotatable bonds is 5. The van der Waals surface area contributed by atoms with Crippen molar-refractivity contribution in [3.05, 3.63) is 21.7 Å². The van der Waals surface area contributed by atoms with Crippen molar-refractivity contribution in [3.8, 4) is 11.5 Å². The molecule has 1 aromatic rings. The Balaban J connectivity index is 2.72. The highest BCUT2D eigenvalue weighted by Gasteiger charge is 2.54. The molecule has 1 N–H and O–H groups in total. The van der Waals surface area contributed by atoms with E-state index in [-0.39, 0.29) is 5.75 Å². The smallest absolute Gasteiger partial charge is 0.314 e. The van der Waals surface area contributed by atoms with Gasteiger partial charge in [0.05, 0.1) is 25.2 Å². The highest BCUT2D eigenvalue weighted by atomic mass is 79.9. The number of benzene rings is 1. The van der Waals surface area contributed by atoms with Crippen molar-refractivity contribution >= 4 is 28.2 Å². The molecule has 0 amide bonds. The molecule has 0 saturated heterocycles. The fourth-order valence-electron chi connectivity index (χ4n) is 2.22. The Kier molecular flexibility index (Phi) is 3.54. The van der Waals surface area contributed by atoms with E-state index in [1.165, 1.54) is 14.2 Å². The van der Waals surface area contributed by atoms with Crippen LogP contribution in [0.2, 0.25) is 0 Å². The molecule has 19 heavy (non-hydrogen) atoms. The molecule has 2 rings (SSSR count). The van der Waals surface area contributed by atoms with Gasteiger partial charge < -0.3 is 14.6 Å². The van der Waals surface area contributed by atoms with Crippen LogP contribution in [0.5, 0.6) is 11.5 Å². The van der Waals surface area contributed by atoms with Gasteiger partial charge in [-0.05, 0) is 34.8 Å². The molecule has 1 aromatic carbocycles. The lowest BCUT2D eigenvalue weighted by Gasteiger charge is -2.19. The van der Waals surface area contributed by atoms with Gasteiger partial charge in [-0.3, -0.25) is 9.59 Å². The number of carbonyl (C=O) groups is 2. The summed E-state index contributed by atoms with van der Waals surface area (Å²) in [6.45, 7) is 0. The monoisotopic (exact) mass is 328 g/mol. The summed E-state index contributed by atoms with van der Waals surface area (Å²) in [6, 6.07) is 1.63. The molecule has 0 spiro atoms. The first kappa shape index (κ1) is 13.9. The highest BCUT2D eigenvalue weighted by Crippen LogP contribution is 2.55. The molecule has 1 saturated carbocycles. The molecule has 5 nitrogen and oxygen atoms in total. The summed E-state index contributed by atoms with van der Waals surface area (Å²) in [5, 5.41) is 9.38. The summed E-state index contributed by atoms with van der Waals surface area (Å²) in [7, 11) is 2.85. The van der Waals surface area contributed by atoms with Crippen molar-refractivity contribution in [3.63, 3.8) is 0 Å². The number of carboxylic acids is 1. The fraction of sp³-hybridized carbons (Fsp3) is 0.385. The molecule has 1 aliphatic rings. The second kappa shape index (κ2) is 4.85. The molecule has 0 aromatic heterocycles. The lowest BCUT2D eigenvalue weighted by molar-refractivity contribution is -0.140. The van der Waals surface area contributed by atoms with E-state index in [1.807, 2.05) is 0 Å². The van der Waals surface area contributed by atoms with Crippen LogP contribution in [-0.4, -0.2) is 31.6 Å². The summed E-state index contributed by atoms with van der Waals surface area (Å²) < 4.78 is 11.0. The maximum atomic E-state index is 11.4. The summed E-state index contributed by atoms with van der Waals surface area (Å²) in [6.07, 6.45) is 1.75. The average molecular weight is 329 g/mol. The zero-order valence-corrected chi connectivity index (χ0v) is 12.1. The van der Waals surface area contributed by atoms with Crippen molar-refractivity contribution in [2.24, 2.45) is 0 Å². The predicted octanol–water partition coefficient (Wildman–Crippen LogP) is 2.40. The molecule has 6 heteroatoms. The largest absolute Gasteiger partial charge is 0.493 e. The lowest BCUT2D eigenvalue weighted by Crippen LogP contribution is -2.21. The number of halogens is 1. The van der Waals surface area contributed by atoms with Gasteiger partial charge in [0.25, 0.3) is 0 Å². The Labute approximate surface area is 118 Å². The van der Waals surface area contributed by atoms with E-state index in [0.717, 1.165) is 0 Å². The van der Waals surface area contributed by atoms with Gasteiger partial charge in [0.2, 0.25) is 0 Å². The molecule has 0 aliphatic heterocycles. The van der Waals surface area contributed by atoms with Crippen molar-refractivity contribution in [2.45, 2.75) is 18.3 Å². The molecule has 0 atom stereocenters. The number of ether oxygens (including phenoxy) is 2. The fourth-order valence-corrected chi connectivity index (χ4v) is 2.72. The van der Waals surface area contributed by atoms with Gasteiger partial charge in [0, 0.05) is 10.0 Å². The first-order valence-corrected chi connectivity index (χ1v) is 6.44. The molecule has 0 bridgehead atoms. The number of aldehydes is 1. The topological polar surface area (TPSA) is 72.8 Å². The quantitative estimate of drug-likeness (QED) is 0.840. The highest BCUT2D eigenvalue weighted by molar-refractivity contribution is 9.10. The number of carbonyl (C=O) groups excluding carboxylic acids is 1. The maximum absolute atomic E-state index is 11.4. The minimum atomic E-state index is -0.928. The number of carboxylic acid groups (broad SMARTS) is 1. The summed E-state index contributed by atoms with van der Waals surface area (Å²) in [4.78, 5) is 22.5. The molecule has 0 unspecified atom stereocenters. The average Bonchev–Trinajstić information content (AvgIpc) is 3.18. The van der Waals surface area contributed by atoms with Gasteiger partial charge in [0.1, 0.15) is 0 Å². The third-order valence-electron chi connectivity index (χ3n) is 3.42. The normalized spacial score (nSPS) is 15.7. The van der Waals surface area contributed by atoms with Crippen LogP contribution in [0.3, 0.4) is 0 Å². The van der Waals surface area contributed by atoms with Crippen LogP contribution in [0.15, 0.2) is 10.5 Å². The van der Waals surface area contributed by atoms with E-state index in [1.54, 1.807) is 6.07 Å². The van der Waals surface area contributed by atoms with Crippen molar-refractivity contribution in [1.29, 1.82) is 0 Å². The molecule has 102 valence electrons. The number of hydrogen-bond acceptors (Lipinski definition) is 4. The van der Waals surface area contributed by atoms with E-state index < -0.39 is 11.4 Å². The molecule has 1 aliphatic carbocycles. The molecule has 1 fully saturated rings. The first-order chi connectivity index (χ1) is 9.01. The Morgan fingerprint density at radius 1 is 1.37 bits per heavy atom. The lowest BCUT2D eigenvalue weighted by atomic mass is 9.93. The predicted molar refractivity (Wildman–Crippen MR) is 71.2 cm³/mol. The van der Waals surface area contributed by atoms with Crippen LogP contribution in [-0.2, 0) is 10.2 Å². The maximum Gasteiger partial charge on any atom is 0.314 e. The Bertz CT molecular complexity index is 548. The minimum absolute atomic E-state index is 0.259. The molecule has 0 radical (unpaired) electrons. The van der Waals surface area contributed by atoms with Gasteiger partial charge in [-0.2, -0.15) is 0 Å².